The number of hydrogen-bond acceptors (Lipinski definition) is 7. The Kier molecular flexibility index (Phi) is 8.51. The van der Waals surface area contributed by atoms with Crippen molar-refractivity contribution in [1.82, 2.24) is 0 Å². The average Bonchev–Trinajstić information content (AvgIpc) is 2.65. The summed E-state index contributed by atoms with van der Waals surface area (Å²) in [5.74, 6) is -6.97. The number of aldehydes is 1. The van der Waals surface area contributed by atoms with Crippen molar-refractivity contribution >= 4 is 28.3 Å². The molecule has 2 rings (SSSR count). The molecule has 0 atom stereocenters. The number of fused-ring (bicyclic) bond motifs is 1. The smallest absolute Gasteiger partial charge is 0.380 e. The van der Waals surface area contributed by atoms with E-state index in [1.54, 1.807) is 0 Å². The summed E-state index contributed by atoms with van der Waals surface area (Å²) in [4.78, 5) is 30.4. The van der Waals surface area contributed by atoms with Crippen molar-refractivity contribution in [2.24, 2.45) is 0 Å². The van der Waals surface area contributed by atoms with Gasteiger partial charge in [-0.25, -0.2) is 9.59 Å². The Morgan fingerprint density at radius 2 is 1.33 bits per heavy atom. The van der Waals surface area contributed by atoms with Crippen molar-refractivity contribution < 1.29 is 71.2 Å². The van der Waals surface area contributed by atoms with Crippen LogP contribution in [-0.4, -0.2) is 44.5 Å². The van der Waals surface area contributed by atoms with Crippen LogP contribution in [0.2, 0.25) is 0 Å². The van der Waals surface area contributed by atoms with Gasteiger partial charge in [-0.05, 0) is 42.9 Å². The van der Waals surface area contributed by atoms with Crippen LogP contribution in [0.4, 0.5) is 39.5 Å². The summed E-state index contributed by atoms with van der Waals surface area (Å²) in [5, 5.41) is 0. The van der Waals surface area contributed by atoms with E-state index in [2.05, 4.69) is 8.92 Å². The van der Waals surface area contributed by atoms with Gasteiger partial charge in [-0.15, -0.1) is 0 Å². The van der Waals surface area contributed by atoms with Crippen molar-refractivity contribution in [1.29, 1.82) is 0 Å². The average molecular weight is 518 g/mol. The van der Waals surface area contributed by atoms with Gasteiger partial charge < -0.3 is 8.92 Å². The van der Waals surface area contributed by atoms with E-state index in [9.17, 15) is 62.3 Å². The number of aryl methyl sites for hydroxylation is 1. The van der Waals surface area contributed by atoms with E-state index in [4.69, 9.17) is 0 Å². The van der Waals surface area contributed by atoms with Gasteiger partial charge in [-0.3, -0.25) is 4.79 Å². The lowest BCUT2D eigenvalue weighted by Gasteiger charge is -2.19. The van der Waals surface area contributed by atoms with Gasteiger partial charge in [0, 0.05) is 0 Å². The van der Waals surface area contributed by atoms with E-state index in [0.29, 0.717) is 24.7 Å². The molecule has 0 radical (unpaired) electrons. The van der Waals surface area contributed by atoms with E-state index >= 15 is 0 Å². The Hall–Kier alpha value is -2.85. The molecule has 0 aromatic heterocycles. The summed E-state index contributed by atoms with van der Waals surface area (Å²) < 4.78 is 133. The molecule has 0 saturated carbocycles. The first kappa shape index (κ1) is 28.2. The predicted molar refractivity (Wildman–Crippen MR) is 87.3 cm³/mol. The molecule has 33 heavy (non-hydrogen) atoms. The van der Waals surface area contributed by atoms with Gasteiger partial charge in [-0.2, -0.15) is 47.9 Å². The van der Waals surface area contributed by atoms with Gasteiger partial charge in [0.25, 0.3) is 0 Å². The third kappa shape index (κ3) is 7.61. The van der Waals surface area contributed by atoms with E-state index in [1.165, 1.54) is 6.07 Å². The number of alkyl halides is 9. The molecule has 0 fully saturated rings. The van der Waals surface area contributed by atoms with Gasteiger partial charge in [0.2, 0.25) is 0 Å². The van der Waals surface area contributed by atoms with Crippen molar-refractivity contribution in [3.8, 4) is 5.75 Å². The number of carbonyl (C=O) groups is 3. The summed E-state index contributed by atoms with van der Waals surface area (Å²) in [6.45, 7) is 0. The molecule has 1 aliphatic carbocycles. The van der Waals surface area contributed by atoms with Crippen molar-refractivity contribution in [3.63, 3.8) is 0 Å². The SMILES string of the molecule is O=C(OC(=O)C(F)(F)F)C(F)(F)F.O=Cc1c(OS(=O)(=O)C(F)(F)F)ccc2c1CCCC2. The Bertz CT molecular complexity index is 985. The van der Waals surface area contributed by atoms with Gasteiger partial charge in [0.1, 0.15) is 0 Å². The lowest BCUT2D eigenvalue weighted by Crippen LogP contribution is -2.34. The van der Waals surface area contributed by atoms with E-state index in [-0.39, 0.29) is 5.56 Å². The summed E-state index contributed by atoms with van der Waals surface area (Å²) in [6, 6.07) is 2.60. The lowest BCUT2D eigenvalue weighted by molar-refractivity contribution is -0.221. The molecular weight excluding hydrogens is 507 g/mol. The molecule has 186 valence electrons. The van der Waals surface area contributed by atoms with Crippen LogP contribution in [0.1, 0.15) is 34.3 Å². The largest absolute Gasteiger partial charge is 0.534 e. The number of hydrogen-bond donors (Lipinski definition) is 0. The molecule has 0 aliphatic heterocycles. The second kappa shape index (κ2) is 9.96. The van der Waals surface area contributed by atoms with Crippen molar-refractivity contribution in [2.75, 3.05) is 0 Å². The molecule has 0 N–H and O–H groups in total. The minimum Gasteiger partial charge on any atom is -0.380 e. The highest BCUT2D eigenvalue weighted by Gasteiger charge is 2.50. The lowest BCUT2D eigenvalue weighted by atomic mass is 9.88. The molecule has 7 nitrogen and oxygen atoms in total. The molecule has 17 heteroatoms. The zero-order valence-electron chi connectivity index (χ0n) is 15.7. The van der Waals surface area contributed by atoms with Crippen LogP contribution >= 0.6 is 0 Å². The first-order valence-corrected chi connectivity index (χ1v) is 9.73. The number of rotatable bonds is 3. The second-order valence-corrected chi connectivity index (χ2v) is 7.63. The molecule has 0 saturated heterocycles. The number of halogens is 9. The van der Waals surface area contributed by atoms with Crippen LogP contribution in [0.25, 0.3) is 0 Å². The van der Waals surface area contributed by atoms with E-state index in [1.807, 2.05) is 0 Å². The maximum atomic E-state index is 12.3. The zero-order chi connectivity index (χ0) is 25.8. The van der Waals surface area contributed by atoms with Crippen LogP contribution in [0, 0.1) is 0 Å². The predicted octanol–water partition coefficient (Wildman–Crippen LogP) is 3.79. The van der Waals surface area contributed by atoms with Crippen LogP contribution in [-0.2, 0) is 37.3 Å². The minimum absolute atomic E-state index is 0.116. The van der Waals surface area contributed by atoms with Crippen molar-refractivity contribution in [3.05, 3.63) is 28.8 Å². The molecule has 0 unspecified atom stereocenters. The quantitative estimate of drug-likeness (QED) is 0.150. The molecular formula is C16H11F9O7S. The fraction of sp³-hybridized carbons (Fsp3) is 0.438. The third-order valence-corrected chi connectivity index (χ3v) is 4.75. The van der Waals surface area contributed by atoms with E-state index in [0.717, 1.165) is 24.5 Å². The first-order valence-electron chi connectivity index (χ1n) is 8.32. The molecule has 0 bridgehead atoms. The highest BCUT2D eigenvalue weighted by Crippen LogP contribution is 2.33. The van der Waals surface area contributed by atoms with Gasteiger partial charge in [0.15, 0.2) is 12.0 Å². The topological polar surface area (TPSA) is 104 Å². The van der Waals surface area contributed by atoms with Gasteiger partial charge in [0.05, 0.1) is 5.56 Å². The molecule has 0 spiro atoms. The number of esters is 2. The standard InChI is InChI=1S/C12H11F3O4S.C4F6O3/c13-12(14,15)20(17,18)19-11-6-5-8-3-1-2-4-9(8)10(11)7-16;5-3(6,7)1(11)13-2(12)4(8,9)10/h5-7H,1-4H2;. The summed E-state index contributed by atoms with van der Waals surface area (Å²) in [5.41, 5.74) is -4.23. The van der Waals surface area contributed by atoms with Crippen LogP contribution in [0.3, 0.4) is 0 Å². The van der Waals surface area contributed by atoms with Crippen LogP contribution in [0.15, 0.2) is 12.1 Å². The maximum Gasteiger partial charge on any atom is 0.534 e. The highest BCUT2D eigenvalue weighted by atomic mass is 32.2. The molecule has 0 heterocycles. The number of benzene rings is 1. The fourth-order valence-electron chi connectivity index (χ4n) is 2.40. The van der Waals surface area contributed by atoms with Gasteiger partial charge in [-0.1, -0.05) is 6.07 Å². The number of ether oxygens (including phenoxy) is 1. The molecule has 1 aromatic rings. The summed E-state index contributed by atoms with van der Waals surface area (Å²) in [7, 11) is -5.77. The zero-order valence-corrected chi connectivity index (χ0v) is 16.5. The number of carbonyl (C=O) groups excluding carboxylic acids is 3. The van der Waals surface area contributed by atoms with Gasteiger partial charge >= 0.3 is 39.9 Å². The monoisotopic (exact) mass is 518 g/mol. The van der Waals surface area contributed by atoms with E-state index < -0.39 is 45.7 Å². The van der Waals surface area contributed by atoms with Crippen LogP contribution in [0.5, 0.6) is 5.75 Å². The minimum atomic E-state index is -5.77. The van der Waals surface area contributed by atoms with Crippen molar-refractivity contribution in [2.45, 2.75) is 43.5 Å². The summed E-state index contributed by atoms with van der Waals surface area (Å²) in [6.07, 6.45) is -7.96. The first-order chi connectivity index (χ1) is 14.8. The third-order valence-electron chi connectivity index (χ3n) is 3.79. The second-order valence-electron chi connectivity index (χ2n) is 6.10. The Morgan fingerprint density at radius 3 is 1.76 bits per heavy atom. The maximum absolute atomic E-state index is 12.3. The summed E-state index contributed by atoms with van der Waals surface area (Å²) >= 11 is 0. The highest BCUT2D eigenvalue weighted by molar-refractivity contribution is 7.88. The molecule has 1 aliphatic rings. The Labute approximate surface area is 178 Å². The molecule has 1 aromatic carbocycles. The fourth-order valence-corrected chi connectivity index (χ4v) is 2.88. The normalized spacial score (nSPS) is 14.3. The Morgan fingerprint density at radius 1 is 0.848 bits per heavy atom. The van der Waals surface area contributed by atoms with Crippen LogP contribution < -0.4 is 4.18 Å². The molecule has 0 amide bonds. The Balaban J connectivity index is 0.000000366.